The largest absolute Gasteiger partial charge is 0.342 e. The summed E-state index contributed by atoms with van der Waals surface area (Å²) in [7, 11) is 0. The molecule has 4 rings (SSSR count). The molecule has 4 heteroatoms. The van der Waals surface area contributed by atoms with E-state index in [1.165, 1.54) is 32.1 Å². The highest BCUT2D eigenvalue weighted by molar-refractivity contribution is 5.82. The van der Waals surface area contributed by atoms with Gasteiger partial charge < -0.3 is 9.80 Å². The van der Waals surface area contributed by atoms with E-state index in [4.69, 9.17) is 0 Å². The predicted molar refractivity (Wildman–Crippen MR) is 88.7 cm³/mol. The number of likely N-dealkylation sites (tertiary alicyclic amines) is 2. The van der Waals surface area contributed by atoms with Gasteiger partial charge in [-0.1, -0.05) is 12.8 Å². The van der Waals surface area contributed by atoms with E-state index in [0.29, 0.717) is 29.8 Å². The zero-order valence-electron chi connectivity index (χ0n) is 14.4. The number of carbonyl (C=O) groups excluding carboxylic acids is 2. The molecule has 4 nitrogen and oxygen atoms in total. The summed E-state index contributed by atoms with van der Waals surface area (Å²) in [5.74, 6) is 1.95. The molecule has 0 N–H and O–H groups in total. The van der Waals surface area contributed by atoms with Crippen LogP contribution < -0.4 is 0 Å². The van der Waals surface area contributed by atoms with E-state index in [9.17, 15) is 9.59 Å². The van der Waals surface area contributed by atoms with Crippen molar-refractivity contribution >= 4 is 11.8 Å². The summed E-state index contributed by atoms with van der Waals surface area (Å²) in [4.78, 5) is 29.5. The molecule has 2 aliphatic carbocycles. The topological polar surface area (TPSA) is 40.6 Å². The van der Waals surface area contributed by atoms with Gasteiger partial charge in [0.25, 0.3) is 0 Å². The van der Waals surface area contributed by atoms with Gasteiger partial charge in [0.1, 0.15) is 0 Å². The van der Waals surface area contributed by atoms with E-state index in [2.05, 4.69) is 11.8 Å². The highest BCUT2D eigenvalue weighted by atomic mass is 16.2. The van der Waals surface area contributed by atoms with Crippen LogP contribution in [-0.4, -0.2) is 46.8 Å². The SMILES string of the molecule is C[C@@H]1C[C@@H]2CCCC[C@@H]2N1C(=O)C1CCN(C(=O)C2CC2)CC1. The molecular weight excluding hydrogens is 288 g/mol. The van der Waals surface area contributed by atoms with E-state index in [1.807, 2.05) is 4.90 Å². The summed E-state index contributed by atoms with van der Waals surface area (Å²) in [5, 5.41) is 0. The lowest BCUT2D eigenvalue weighted by Gasteiger charge is -2.38. The molecule has 0 unspecified atom stereocenters. The minimum Gasteiger partial charge on any atom is -0.342 e. The first-order valence-electron chi connectivity index (χ1n) is 9.76. The molecule has 3 atom stereocenters. The fourth-order valence-electron chi connectivity index (χ4n) is 5.23. The van der Waals surface area contributed by atoms with Crippen molar-refractivity contribution in [2.45, 2.75) is 76.8 Å². The molecule has 0 radical (unpaired) electrons. The third kappa shape index (κ3) is 2.89. The van der Waals surface area contributed by atoms with Gasteiger partial charge in [0.05, 0.1) is 0 Å². The summed E-state index contributed by atoms with van der Waals surface area (Å²) >= 11 is 0. The van der Waals surface area contributed by atoms with E-state index in [1.54, 1.807) is 0 Å². The van der Waals surface area contributed by atoms with Crippen molar-refractivity contribution in [2.24, 2.45) is 17.8 Å². The van der Waals surface area contributed by atoms with Crippen molar-refractivity contribution < 1.29 is 9.59 Å². The Labute approximate surface area is 139 Å². The van der Waals surface area contributed by atoms with Crippen LogP contribution in [0, 0.1) is 17.8 Å². The summed E-state index contributed by atoms with van der Waals surface area (Å²) in [6.07, 6.45) is 10.2. The number of amides is 2. The van der Waals surface area contributed by atoms with Crippen LogP contribution in [0.3, 0.4) is 0 Å². The van der Waals surface area contributed by atoms with Crippen molar-refractivity contribution in [3.05, 3.63) is 0 Å². The molecular formula is C19H30N2O2. The predicted octanol–water partition coefficient (Wildman–Crippen LogP) is 2.81. The first kappa shape index (κ1) is 15.5. The third-order valence-corrected chi connectivity index (χ3v) is 6.68. The summed E-state index contributed by atoms with van der Waals surface area (Å²) < 4.78 is 0. The van der Waals surface area contributed by atoms with Gasteiger partial charge in [-0.15, -0.1) is 0 Å². The Kier molecular flexibility index (Phi) is 4.10. The van der Waals surface area contributed by atoms with E-state index in [-0.39, 0.29) is 5.92 Å². The fraction of sp³-hybridized carbons (Fsp3) is 0.895. The second kappa shape index (κ2) is 6.10. The van der Waals surface area contributed by atoms with Crippen molar-refractivity contribution in [1.82, 2.24) is 9.80 Å². The second-order valence-electron chi connectivity index (χ2n) is 8.32. The fourth-order valence-corrected chi connectivity index (χ4v) is 5.23. The lowest BCUT2D eigenvalue weighted by molar-refractivity contribution is -0.143. The highest BCUT2D eigenvalue weighted by Gasteiger charge is 2.45. The number of piperidine rings is 1. The number of rotatable bonds is 2. The van der Waals surface area contributed by atoms with Crippen molar-refractivity contribution in [3.63, 3.8) is 0 Å². The summed E-state index contributed by atoms with van der Waals surface area (Å²) in [6, 6.07) is 0.930. The van der Waals surface area contributed by atoms with Gasteiger partial charge in [0, 0.05) is 37.0 Å². The minimum atomic E-state index is 0.154. The van der Waals surface area contributed by atoms with Gasteiger partial charge >= 0.3 is 0 Å². The maximum atomic E-state index is 13.1. The molecule has 0 spiro atoms. The van der Waals surface area contributed by atoms with Crippen molar-refractivity contribution in [3.8, 4) is 0 Å². The van der Waals surface area contributed by atoms with E-state index >= 15 is 0 Å². The van der Waals surface area contributed by atoms with E-state index < -0.39 is 0 Å². The number of fused-ring (bicyclic) bond motifs is 1. The average Bonchev–Trinajstić information content (AvgIpc) is 3.36. The quantitative estimate of drug-likeness (QED) is 0.785. The van der Waals surface area contributed by atoms with Gasteiger partial charge in [-0.25, -0.2) is 0 Å². The molecule has 2 aliphatic heterocycles. The first-order chi connectivity index (χ1) is 11.1. The molecule has 0 aromatic carbocycles. The van der Waals surface area contributed by atoms with Crippen LogP contribution in [0.4, 0.5) is 0 Å². The number of carbonyl (C=O) groups is 2. The van der Waals surface area contributed by atoms with Gasteiger partial charge in [0.2, 0.25) is 11.8 Å². The van der Waals surface area contributed by atoms with Gasteiger partial charge in [0.15, 0.2) is 0 Å². The standard InChI is InChI=1S/C19H30N2O2/c1-13-12-16-4-2-3-5-17(16)21(13)19(23)15-8-10-20(11-9-15)18(22)14-6-7-14/h13-17H,2-12H2,1H3/t13-,16+,17+/m1/s1. The Morgan fingerprint density at radius 3 is 2.17 bits per heavy atom. The number of hydrogen-bond donors (Lipinski definition) is 0. The molecule has 4 fully saturated rings. The maximum absolute atomic E-state index is 13.1. The minimum absolute atomic E-state index is 0.154. The van der Waals surface area contributed by atoms with E-state index in [0.717, 1.165) is 44.7 Å². The normalized spacial score (nSPS) is 35.3. The van der Waals surface area contributed by atoms with Crippen molar-refractivity contribution in [2.75, 3.05) is 13.1 Å². The monoisotopic (exact) mass is 318 g/mol. The Hall–Kier alpha value is -1.06. The van der Waals surface area contributed by atoms with Crippen LogP contribution in [0.1, 0.15) is 64.7 Å². The van der Waals surface area contributed by atoms with Crippen LogP contribution in [0.5, 0.6) is 0 Å². The van der Waals surface area contributed by atoms with Crippen LogP contribution in [0.15, 0.2) is 0 Å². The van der Waals surface area contributed by atoms with Crippen LogP contribution in [0.2, 0.25) is 0 Å². The zero-order valence-corrected chi connectivity index (χ0v) is 14.4. The number of hydrogen-bond acceptors (Lipinski definition) is 2. The average molecular weight is 318 g/mol. The van der Waals surface area contributed by atoms with Gasteiger partial charge in [-0.05, 0) is 57.8 Å². The molecule has 0 bridgehead atoms. The van der Waals surface area contributed by atoms with Crippen LogP contribution in [0.25, 0.3) is 0 Å². The molecule has 0 aromatic rings. The van der Waals surface area contributed by atoms with Gasteiger partial charge in [-0.3, -0.25) is 9.59 Å². The highest BCUT2D eigenvalue weighted by Crippen LogP contribution is 2.41. The Morgan fingerprint density at radius 1 is 0.826 bits per heavy atom. The summed E-state index contributed by atoms with van der Waals surface area (Å²) in [5.41, 5.74) is 0. The molecule has 2 saturated carbocycles. The van der Waals surface area contributed by atoms with Gasteiger partial charge in [-0.2, -0.15) is 0 Å². The first-order valence-corrected chi connectivity index (χ1v) is 9.76. The molecule has 2 heterocycles. The zero-order chi connectivity index (χ0) is 16.0. The number of nitrogens with zero attached hydrogens (tertiary/aromatic N) is 2. The molecule has 2 amide bonds. The molecule has 2 saturated heterocycles. The Bertz CT molecular complexity index is 480. The molecule has 23 heavy (non-hydrogen) atoms. The lowest BCUT2D eigenvalue weighted by Crippen LogP contribution is -2.49. The molecule has 4 aliphatic rings. The molecule has 0 aromatic heterocycles. The lowest BCUT2D eigenvalue weighted by atomic mass is 9.84. The van der Waals surface area contributed by atoms with Crippen LogP contribution in [-0.2, 0) is 9.59 Å². The Morgan fingerprint density at radius 2 is 1.48 bits per heavy atom. The Balaban J connectivity index is 1.36. The molecule has 128 valence electrons. The maximum Gasteiger partial charge on any atom is 0.226 e. The second-order valence-corrected chi connectivity index (χ2v) is 8.32. The summed E-state index contributed by atoms with van der Waals surface area (Å²) in [6.45, 7) is 3.83. The van der Waals surface area contributed by atoms with Crippen molar-refractivity contribution in [1.29, 1.82) is 0 Å². The smallest absolute Gasteiger partial charge is 0.226 e. The van der Waals surface area contributed by atoms with Crippen LogP contribution >= 0.6 is 0 Å². The third-order valence-electron chi connectivity index (χ3n) is 6.68.